The molecule has 10 heteroatoms. The van der Waals surface area contributed by atoms with E-state index in [4.69, 9.17) is 4.74 Å². The smallest absolute Gasteiger partial charge is 0.252 e. The molecule has 9 nitrogen and oxygen atoms in total. The lowest BCUT2D eigenvalue weighted by Gasteiger charge is -2.41. The van der Waals surface area contributed by atoms with E-state index >= 15 is 0 Å². The molecule has 190 valence electrons. The van der Waals surface area contributed by atoms with Gasteiger partial charge in [0.1, 0.15) is 11.7 Å². The first-order valence-corrected chi connectivity index (χ1v) is 13.2. The molecule has 0 aliphatic carbocycles. The monoisotopic (exact) mass is 510 g/mol. The van der Waals surface area contributed by atoms with Gasteiger partial charge in [0.2, 0.25) is 15.9 Å². The summed E-state index contributed by atoms with van der Waals surface area (Å²) in [6.45, 7) is 5.67. The van der Waals surface area contributed by atoms with Crippen LogP contribution < -0.4 is 14.8 Å². The van der Waals surface area contributed by atoms with E-state index < -0.39 is 27.8 Å². The van der Waals surface area contributed by atoms with Crippen molar-refractivity contribution in [3.05, 3.63) is 83.3 Å². The van der Waals surface area contributed by atoms with Gasteiger partial charge in [0.05, 0.1) is 16.5 Å². The highest BCUT2D eigenvalue weighted by molar-refractivity contribution is 7.89. The van der Waals surface area contributed by atoms with Crippen molar-refractivity contribution in [1.29, 1.82) is 0 Å². The van der Waals surface area contributed by atoms with E-state index in [0.29, 0.717) is 13.0 Å². The Bertz CT molecular complexity index is 1330. The van der Waals surface area contributed by atoms with E-state index in [0.717, 1.165) is 17.5 Å². The standard InChI is InChI=1S/C26H30N4O5S/c1-4-17-7-9-20(10-8-17)36(33,34)30-22-21-14-19(16-29-25(21)35-26(2,3)23(22)31)24(32)28-13-11-18-6-5-12-27-15-18/h5-10,12,14-16,22-23,30-31H,4,11,13H2,1-3H3,(H,28,32)/t22-,23+/m1/s1. The average Bonchev–Trinajstić information content (AvgIpc) is 2.87. The third-order valence-electron chi connectivity index (χ3n) is 6.21. The minimum Gasteiger partial charge on any atom is -0.469 e. The lowest BCUT2D eigenvalue weighted by atomic mass is 9.88. The molecule has 0 radical (unpaired) electrons. The molecule has 3 N–H and O–H groups in total. The van der Waals surface area contributed by atoms with E-state index in [9.17, 15) is 18.3 Å². The second kappa shape index (κ2) is 10.3. The molecule has 4 rings (SSSR count). The fourth-order valence-electron chi connectivity index (χ4n) is 4.02. The Kier molecular flexibility index (Phi) is 7.39. The summed E-state index contributed by atoms with van der Waals surface area (Å²) in [4.78, 5) is 21.2. The lowest BCUT2D eigenvalue weighted by molar-refractivity contribution is -0.0632. The highest BCUT2D eigenvalue weighted by atomic mass is 32.2. The number of amides is 1. The number of sulfonamides is 1. The molecule has 3 heterocycles. The lowest BCUT2D eigenvalue weighted by Crippen LogP contribution is -2.53. The highest BCUT2D eigenvalue weighted by Gasteiger charge is 2.45. The van der Waals surface area contributed by atoms with E-state index in [1.54, 1.807) is 38.4 Å². The summed E-state index contributed by atoms with van der Waals surface area (Å²) in [7, 11) is -3.99. The normalized spacial score (nSPS) is 18.7. The number of pyridine rings is 2. The number of aromatic nitrogens is 2. The molecule has 0 unspecified atom stereocenters. The molecule has 1 aliphatic heterocycles. The van der Waals surface area contributed by atoms with Crippen molar-refractivity contribution in [2.75, 3.05) is 6.54 Å². The molecule has 1 aromatic carbocycles. The SMILES string of the molecule is CCc1ccc(S(=O)(=O)N[C@@H]2c3cc(C(=O)NCCc4cccnc4)cnc3OC(C)(C)[C@H]2O)cc1. The van der Waals surface area contributed by atoms with Gasteiger partial charge in [-0.2, -0.15) is 0 Å². The van der Waals surface area contributed by atoms with Crippen LogP contribution in [0.4, 0.5) is 0 Å². The number of fused-ring (bicyclic) bond motifs is 1. The van der Waals surface area contributed by atoms with Crippen molar-refractivity contribution in [2.24, 2.45) is 0 Å². The van der Waals surface area contributed by atoms with E-state index in [1.807, 2.05) is 19.1 Å². The molecule has 1 aliphatic rings. The Balaban J connectivity index is 1.58. The Morgan fingerprint density at radius 2 is 1.89 bits per heavy atom. The number of carbonyl (C=O) groups is 1. The summed E-state index contributed by atoms with van der Waals surface area (Å²) in [6.07, 6.45) is 4.95. The topological polar surface area (TPSA) is 131 Å². The summed E-state index contributed by atoms with van der Waals surface area (Å²) in [6, 6.07) is 10.8. The molecule has 2 atom stereocenters. The number of aryl methyl sites for hydroxylation is 1. The van der Waals surface area contributed by atoms with Gasteiger partial charge in [0, 0.05) is 30.7 Å². The number of hydrogen-bond donors (Lipinski definition) is 3. The average molecular weight is 511 g/mol. The molecular formula is C26H30N4O5S. The summed E-state index contributed by atoms with van der Waals surface area (Å²) >= 11 is 0. The number of aliphatic hydroxyl groups is 1. The molecule has 0 spiro atoms. The van der Waals surface area contributed by atoms with Gasteiger partial charge in [0.15, 0.2) is 0 Å². The van der Waals surface area contributed by atoms with Crippen LogP contribution in [0.25, 0.3) is 0 Å². The van der Waals surface area contributed by atoms with Crippen LogP contribution in [-0.4, -0.2) is 47.6 Å². The highest BCUT2D eigenvalue weighted by Crippen LogP contribution is 2.39. The molecule has 0 saturated carbocycles. The summed E-state index contributed by atoms with van der Waals surface area (Å²) in [5.74, 6) is -0.212. The molecule has 0 saturated heterocycles. The van der Waals surface area contributed by atoms with Gasteiger partial charge >= 0.3 is 0 Å². The Morgan fingerprint density at radius 3 is 2.56 bits per heavy atom. The number of carbonyl (C=O) groups excluding carboxylic acids is 1. The van der Waals surface area contributed by atoms with Crippen molar-refractivity contribution in [3.8, 4) is 5.88 Å². The predicted octanol–water partition coefficient (Wildman–Crippen LogP) is 2.56. The second-order valence-corrected chi connectivity index (χ2v) is 10.9. The Hall–Kier alpha value is -3.34. The number of ether oxygens (including phenoxy) is 1. The summed E-state index contributed by atoms with van der Waals surface area (Å²) in [5, 5.41) is 13.9. The largest absolute Gasteiger partial charge is 0.469 e. The maximum Gasteiger partial charge on any atom is 0.252 e. The van der Waals surface area contributed by atoms with Gasteiger partial charge in [-0.25, -0.2) is 18.1 Å². The first kappa shape index (κ1) is 25.7. The minimum absolute atomic E-state index is 0.0787. The maximum atomic E-state index is 13.2. The molecule has 3 aromatic rings. The van der Waals surface area contributed by atoms with Crippen molar-refractivity contribution in [3.63, 3.8) is 0 Å². The third-order valence-corrected chi connectivity index (χ3v) is 7.67. The number of nitrogens with one attached hydrogen (secondary N) is 2. The van der Waals surface area contributed by atoms with E-state index in [-0.39, 0.29) is 27.8 Å². The fraction of sp³-hybridized carbons (Fsp3) is 0.346. The Morgan fingerprint density at radius 1 is 1.14 bits per heavy atom. The third kappa shape index (κ3) is 5.56. The van der Waals surface area contributed by atoms with Crippen LogP contribution in [-0.2, 0) is 22.9 Å². The molecule has 0 fully saturated rings. The summed E-state index contributed by atoms with van der Waals surface area (Å²) < 4.78 is 34.8. The maximum absolute atomic E-state index is 13.2. The van der Waals surface area contributed by atoms with Crippen LogP contribution >= 0.6 is 0 Å². The minimum atomic E-state index is -3.99. The van der Waals surface area contributed by atoms with E-state index in [2.05, 4.69) is 20.0 Å². The van der Waals surface area contributed by atoms with Gasteiger partial charge in [-0.15, -0.1) is 0 Å². The van der Waals surface area contributed by atoms with Crippen LogP contribution in [0.15, 0.2) is 66.0 Å². The zero-order valence-electron chi connectivity index (χ0n) is 20.4. The van der Waals surface area contributed by atoms with Gasteiger partial charge < -0.3 is 15.2 Å². The van der Waals surface area contributed by atoms with Crippen LogP contribution in [0.2, 0.25) is 0 Å². The van der Waals surface area contributed by atoms with Crippen LogP contribution in [0.5, 0.6) is 5.88 Å². The Labute approximate surface area is 211 Å². The number of rotatable bonds is 8. The molecule has 36 heavy (non-hydrogen) atoms. The molecule has 2 aromatic heterocycles. The first-order valence-electron chi connectivity index (χ1n) is 11.8. The van der Waals surface area contributed by atoms with E-state index in [1.165, 1.54) is 24.4 Å². The van der Waals surface area contributed by atoms with Gasteiger partial charge in [-0.05, 0) is 62.1 Å². The van der Waals surface area contributed by atoms with Crippen LogP contribution in [0, 0.1) is 0 Å². The van der Waals surface area contributed by atoms with Crippen molar-refractivity contribution in [1.82, 2.24) is 20.0 Å². The number of benzene rings is 1. The zero-order chi connectivity index (χ0) is 25.9. The van der Waals surface area contributed by atoms with Gasteiger partial charge in [0.25, 0.3) is 5.91 Å². The van der Waals surface area contributed by atoms with Crippen molar-refractivity contribution in [2.45, 2.75) is 56.3 Å². The van der Waals surface area contributed by atoms with Crippen LogP contribution in [0.3, 0.4) is 0 Å². The number of nitrogens with zero attached hydrogens (tertiary/aromatic N) is 2. The second-order valence-electron chi connectivity index (χ2n) is 9.23. The quantitative estimate of drug-likeness (QED) is 0.425. The van der Waals surface area contributed by atoms with Crippen molar-refractivity contribution >= 4 is 15.9 Å². The summed E-state index contributed by atoms with van der Waals surface area (Å²) in [5.41, 5.74) is 1.39. The number of aliphatic hydroxyl groups excluding tert-OH is 1. The van der Waals surface area contributed by atoms with Gasteiger partial charge in [-0.3, -0.25) is 9.78 Å². The van der Waals surface area contributed by atoms with Crippen LogP contribution in [0.1, 0.15) is 53.9 Å². The van der Waals surface area contributed by atoms with Gasteiger partial charge in [-0.1, -0.05) is 25.1 Å². The fourth-order valence-corrected chi connectivity index (χ4v) is 5.24. The molecule has 0 bridgehead atoms. The van der Waals surface area contributed by atoms with Crippen molar-refractivity contribution < 1.29 is 23.1 Å². The number of hydrogen-bond acceptors (Lipinski definition) is 7. The predicted molar refractivity (Wildman–Crippen MR) is 134 cm³/mol. The molecule has 1 amide bonds. The molecular weight excluding hydrogens is 480 g/mol. The first-order chi connectivity index (χ1) is 17.1. The zero-order valence-corrected chi connectivity index (χ0v) is 21.2.